The highest BCUT2D eigenvalue weighted by Crippen LogP contribution is 2.29. The summed E-state index contributed by atoms with van der Waals surface area (Å²) in [6.07, 6.45) is -0.624. The van der Waals surface area contributed by atoms with Crippen LogP contribution in [0, 0.1) is 13.8 Å². The highest BCUT2D eigenvalue weighted by molar-refractivity contribution is 5.83. The van der Waals surface area contributed by atoms with Crippen LogP contribution in [0.15, 0.2) is 54.6 Å². The molecule has 100 valence electrons. The summed E-state index contributed by atoms with van der Waals surface area (Å²) < 4.78 is 0. The quantitative estimate of drug-likeness (QED) is 0.760. The largest absolute Gasteiger partial charge is 0.384 e. The Morgan fingerprint density at radius 2 is 1.75 bits per heavy atom. The van der Waals surface area contributed by atoms with Gasteiger partial charge < -0.3 is 5.11 Å². The lowest BCUT2D eigenvalue weighted by atomic mass is 9.96. The van der Waals surface area contributed by atoms with Crippen LogP contribution >= 0.6 is 0 Å². The van der Waals surface area contributed by atoms with Gasteiger partial charge >= 0.3 is 0 Å². The molecule has 0 amide bonds. The number of fused-ring (bicyclic) bond motifs is 1. The Hall–Kier alpha value is -2.19. The standard InChI is InChI=1S/C18H17NO/c1-12-6-5-7-14(10-12)18(20)16-11-13(2)19-17-9-4-3-8-15(16)17/h3-11,18,20H,1-2H3. The average molecular weight is 263 g/mol. The highest BCUT2D eigenvalue weighted by Gasteiger charge is 2.14. The van der Waals surface area contributed by atoms with Crippen molar-refractivity contribution >= 4 is 10.9 Å². The molecule has 0 aliphatic heterocycles. The third-order valence-electron chi connectivity index (χ3n) is 3.53. The summed E-state index contributed by atoms with van der Waals surface area (Å²) in [5.74, 6) is 0. The van der Waals surface area contributed by atoms with Gasteiger partial charge in [-0.25, -0.2) is 0 Å². The minimum absolute atomic E-state index is 0.624. The van der Waals surface area contributed by atoms with Crippen molar-refractivity contribution in [2.45, 2.75) is 20.0 Å². The maximum absolute atomic E-state index is 10.7. The molecule has 1 aromatic heterocycles. The van der Waals surface area contributed by atoms with Crippen molar-refractivity contribution in [3.8, 4) is 0 Å². The molecule has 0 aliphatic carbocycles. The summed E-state index contributed by atoms with van der Waals surface area (Å²) in [4.78, 5) is 4.52. The molecule has 1 atom stereocenters. The van der Waals surface area contributed by atoms with Gasteiger partial charge in [0.05, 0.1) is 5.52 Å². The maximum atomic E-state index is 10.7. The molecule has 1 unspecified atom stereocenters. The van der Waals surface area contributed by atoms with Crippen LogP contribution < -0.4 is 0 Å². The second-order valence-corrected chi connectivity index (χ2v) is 5.19. The molecule has 0 fully saturated rings. The van der Waals surface area contributed by atoms with Crippen molar-refractivity contribution in [1.82, 2.24) is 4.98 Å². The predicted octanol–water partition coefficient (Wildman–Crippen LogP) is 3.93. The van der Waals surface area contributed by atoms with Crippen molar-refractivity contribution in [3.63, 3.8) is 0 Å². The smallest absolute Gasteiger partial charge is 0.105 e. The van der Waals surface area contributed by atoms with Gasteiger partial charge in [-0.3, -0.25) is 4.98 Å². The van der Waals surface area contributed by atoms with Crippen LogP contribution in [0.2, 0.25) is 0 Å². The lowest BCUT2D eigenvalue weighted by molar-refractivity contribution is 0.221. The minimum atomic E-state index is -0.624. The van der Waals surface area contributed by atoms with Crippen molar-refractivity contribution in [1.29, 1.82) is 0 Å². The number of hydrogen-bond acceptors (Lipinski definition) is 2. The lowest BCUT2D eigenvalue weighted by Crippen LogP contribution is -2.02. The van der Waals surface area contributed by atoms with Gasteiger partial charge in [-0.15, -0.1) is 0 Å². The Morgan fingerprint density at radius 3 is 2.55 bits per heavy atom. The SMILES string of the molecule is Cc1cccc(C(O)c2cc(C)nc3ccccc23)c1. The Balaban J connectivity index is 2.18. The number of aryl methyl sites for hydroxylation is 2. The first kappa shape index (κ1) is 12.8. The maximum Gasteiger partial charge on any atom is 0.105 e. The van der Waals surface area contributed by atoms with Crippen molar-refractivity contribution in [2.24, 2.45) is 0 Å². The fourth-order valence-corrected chi connectivity index (χ4v) is 2.59. The van der Waals surface area contributed by atoms with Crippen molar-refractivity contribution in [3.05, 3.63) is 77.0 Å². The number of hydrogen-bond donors (Lipinski definition) is 1. The first-order chi connectivity index (χ1) is 9.65. The topological polar surface area (TPSA) is 33.1 Å². The number of para-hydroxylation sites is 1. The van der Waals surface area contributed by atoms with E-state index in [1.54, 1.807) is 0 Å². The van der Waals surface area contributed by atoms with Crippen LogP contribution in [0.3, 0.4) is 0 Å². The van der Waals surface area contributed by atoms with Gasteiger partial charge in [0, 0.05) is 11.1 Å². The monoisotopic (exact) mass is 263 g/mol. The first-order valence-corrected chi connectivity index (χ1v) is 6.76. The van der Waals surface area contributed by atoms with E-state index in [1.165, 1.54) is 0 Å². The zero-order valence-electron chi connectivity index (χ0n) is 11.7. The van der Waals surface area contributed by atoms with E-state index in [-0.39, 0.29) is 0 Å². The Labute approximate surface area is 118 Å². The van der Waals surface area contributed by atoms with Crippen LogP contribution in [-0.4, -0.2) is 10.1 Å². The van der Waals surface area contributed by atoms with E-state index in [1.807, 2.05) is 68.4 Å². The number of aromatic nitrogens is 1. The van der Waals surface area contributed by atoms with E-state index >= 15 is 0 Å². The number of nitrogens with zero attached hydrogens (tertiary/aromatic N) is 1. The second-order valence-electron chi connectivity index (χ2n) is 5.19. The Bertz CT molecular complexity index is 764. The number of rotatable bonds is 2. The molecule has 2 heteroatoms. The molecule has 1 heterocycles. The van der Waals surface area contributed by atoms with E-state index in [0.29, 0.717) is 0 Å². The number of aliphatic hydroxyl groups is 1. The third kappa shape index (κ3) is 2.30. The minimum Gasteiger partial charge on any atom is -0.384 e. The normalized spacial score (nSPS) is 12.6. The second kappa shape index (κ2) is 5.06. The number of aliphatic hydroxyl groups excluding tert-OH is 1. The van der Waals surface area contributed by atoms with Crippen LogP contribution in [0.1, 0.15) is 28.5 Å². The first-order valence-electron chi connectivity index (χ1n) is 6.76. The molecule has 0 saturated heterocycles. The summed E-state index contributed by atoms with van der Waals surface area (Å²) in [6.45, 7) is 3.99. The van der Waals surface area contributed by atoms with Crippen molar-refractivity contribution in [2.75, 3.05) is 0 Å². The molecule has 3 aromatic rings. The summed E-state index contributed by atoms with van der Waals surface area (Å²) in [5.41, 5.74) is 4.83. The third-order valence-corrected chi connectivity index (χ3v) is 3.53. The molecule has 0 bridgehead atoms. The van der Waals surface area contributed by atoms with Crippen LogP contribution in [-0.2, 0) is 0 Å². The van der Waals surface area contributed by atoms with E-state index in [9.17, 15) is 5.11 Å². The van der Waals surface area contributed by atoms with Gasteiger partial charge in [0.15, 0.2) is 0 Å². The van der Waals surface area contributed by atoms with E-state index in [0.717, 1.165) is 33.3 Å². The molecule has 2 nitrogen and oxygen atoms in total. The molecule has 0 spiro atoms. The zero-order chi connectivity index (χ0) is 14.1. The van der Waals surface area contributed by atoms with E-state index in [4.69, 9.17) is 0 Å². The summed E-state index contributed by atoms with van der Waals surface area (Å²) in [5, 5.41) is 11.7. The van der Waals surface area contributed by atoms with Crippen LogP contribution in [0.25, 0.3) is 10.9 Å². The summed E-state index contributed by atoms with van der Waals surface area (Å²) in [7, 11) is 0. The predicted molar refractivity (Wildman–Crippen MR) is 81.7 cm³/mol. The molecule has 0 aliphatic rings. The molecule has 0 saturated carbocycles. The fraction of sp³-hybridized carbons (Fsp3) is 0.167. The lowest BCUT2D eigenvalue weighted by Gasteiger charge is -2.15. The fourth-order valence-electron chi connectivity index (χ4n) is 2.59. The summed E-state index contributed by atoms with van der Waals surface area (Å²) >= 11 is 0. The average Bonchev–Trinajstić information content (AvgIpc) is 2.45. The Morgan fingerprint density at radius 1 is 0.950 bits per heavy atom. The zero-order valence-corrected chi connectivity index (χ0v) is 11.7. The molecular formula is C18H17NO. The van der Waals surface area contributed by atoms with Gasteiger partial charge in [-0.05, 0) is 37.1 Å². The van der Waals surface area contributed by atoms with Gasteiger partial charge in [-0.2, -0.15) is 0 Å². The van der Waals surface area contributed by atoms with Gasteiger partial charge in [0.2, 0.25) is 0 Å². The molecule has 3 rings (SSSR count). The van der Waals surface area contributed by atoms with Gasteiger partial charge in [0.1, 0.15) is 6.10 Å². The molecule has 20 heavy (non-hydrogen) atoms. The number of benzene rings is 2. The van der Waals surface area contributed by atoms with E-state index < -0.39 is 6.10 Å². The Kier molecular flexibility index (Phi) is 3.25. The summed E-state index contributed by atoms with van der Waals surface area (Å²) in [6, 6.07) is 17.9. The molecule has 0 radical (unpaired) electrons. The van der Waals surface area contributed by atoms with Crippen molar-refractivity contribution < 1.29 is 5.11 Å². The van der Waals surface area contributed by atoms with Gasteiger partial charge in [0.25, 0.3) is 0 Å². The van der Waals surface area contributed by atoms with Gasteiger partial charge in [-0.1, -0.05) is 48.0 Å². The molecule has 2 aromatic carbocycles. The molecular weight excluding hydrogens is 246 g/mol. The highest BCUT2D eigenvalue weighted by atomic mass is 16.3. The molecule has 1 N–H and O–H groups in total. The van der Waals surface area contributed by atoms with Crippen LogP contribution in [0.4, 0.5) is 0 Å². The van der Waals surface area contributed by atoms with E-state index in [2.05, 4.69) is 4.98 Å². The van der Waals surface area contributed by atoms with Crippen LogP contribution in [0.5, 0.6) is 0 Å². The number of pyridine rings is 1.